The Morgan fingerprint density at radius 2 is 1.81 bits per heavy atom. The number of hydrogen-bond acceptors (Lipinski definition) is 8. The highest BCUT2D eigenvalue weighted by molar-refractivity contribution is 8.00. The number of para-hydroxylation sites is 1. The standard InChI is InChI=1S/C30H18Cl2N4O4S2/c1-2-12-35-21-9-4-3-8-20(21)30(27(35)39)23-24(37)19-14-18(32)10-11-22(19)40-25(23)26(38)36(30)28-33-34-29(42-28)41-15-16-6-5-7-17(31)13-16/h2-11,13-14H,1,12,15H2. The fraction of sp³-hybridized carbons (Fsp3) is 0.100. The summed E-state index contributed by atoms with van der Waals surface area (Å²) in [6.07, 6.45) is 1.59. The van der Waals surface area contributed by atoms with Crippen LogP contribution in [-0.4, -0.2) is 28.6 Å². The molecular weight excluding hydrogens is 615 g/mol. The van der Waals surface area contributed by atoms with Crippen molar-refractivity contribution in [3.8, 4) is 0 Å². The Bertz CT molecular complexity index is 2030. The molecule has 12 heteroatoms. The van der Waals surface area contributed by atoms with Crippen LogP contribution in [0.2, 0.25) is 10.0 Å². The highest BCUT2D eigenvalue weighted by Gasteiger charge is 2.66. The highest BCUT2D eigenvalue weighted by Crippen LogP contribution is 2.54. The van der Waals surface area contributed by atoms with E-state index in [-0.39, 0.29) is 34.0 Å². The van der Waals surface area contributed by atoms with Gasteiger partial charge in [0.1, 0.15) is 5.58 Å². The van der Waals surface area contributed by atoms with Gasteiger partial charge in [0, 0.05) is 27.9 Å². The van der Waals surface area contributed by atoms with Gasteiger partial charge in [-0.15, -0.1) is 16.8 Å². The first-order chi connectivity index (χ1) is 20.3. The van der Waals surface area contributed by atoms with E-state index in [1.54, 1.807) is 42.5 Å². The summed E-state index contributed by atoms with van der Waals surface area (Å²) in [4.78, 5) is 45.9. The lowest BCUT2D eigenvalue weighted by molar-refractivity contribution is -0.121. The normalized spacial score (nSPS) is 17.4. The van der Waals surface area contributed by atoms with Gasteiger partial charge in [-0.25, -0.2) is 0 Å². The zero-order chi connectivity index (χ0) is 29.2. The van der Waals surface area contributed by atoms with Crippen molar-refractivity contribution in [2.45, 2.75) is 15.6 Å². The molecular formula is C30H18Cl2N4O4S2. The topological polar surface area (TPSA) is 96.6 Å². The van der Waals surface area contributed by atoms with Gasteiger partial charge in [0.05, 0.1) is 16.6 Å². The summed E-state index contributed by atoms with van der Waals surface area (Å²) in [5.74, 6) is -0.810. The molecule has 0 bridgehead atoms. The van der Waals surface area contributed by atoms with Gasteiger partial charge >= 0.3 is 0 Å². The first kappa shape index (κ1) is 26.9. The van der Waals surface area contributed by atoms with Crippen LogP contribution in [0.15, 0.2) is 92.9 Å². The number of anilines is 2. The molecule has 42 heavy (non-hydrogen) atoms. The molecule has 208 valence electrons. The summed E-state index contributed by atoms with van der Waals surface area (Å²) in [5, 5.41) is 9.93. The molecule has 1 unspecified atom stereocenters. The quantitative estimate of drug-likeness (QED) is 0.117. The number of rotatable bonds is 6. The van der Waals surface area contributed by atoms with Gasteiger partial charge in [-0.05, 0) is 42.0 Å². The van der Waals surface area contributed by atoms with Crippen molar-refractivity contribution in [3.05, 3.63) is 122 Å². The van der Waals surface area contributed by atoms with Crippen LogP contribution in [0.25, 0.3) is 11.0 Å². The van der Waals surface area contributed by atoms with Gasteiger partial charge in [0.25, 0.3) is 11.8 Å². The first-order valence-corrected chi connectivity index (χ1v) is 15.2. The summed E-state index contributed by atoms with van der Waals surface area (Å²) in [7, 11) is 0. The van der Waals surface area contributed by atoms with Crippen molar-refractivity contribution in [2.24, 2.45) is 0 Å². The van der Waals surface area contributed by atoms with Crippen LogP contribution in [0.5, 0.6) is 0 Å². The molecule has 0 N–H and O–H groups in total. The molecule has 2 aliphatic heterocycles. The number of halogens is 2. The van der Waals surface area contributed by atoms with E-state index in [0.29, 0.717) is 31.4 Å². The molecule has 0 saturated heterocycles. The fourth-order valence-corrected chi connectivity index (χ4v) is 7.79. The average molecular weight is 634 g/mol. The van der Waals surface area contributed by atoms with Gasteiger partial charge in [-0.3, -0.25) is 19.3 Å². The minimum Gasteiger partial charge on any atom is -0.450 e. The molecule has 8 nitrogen and oxygen atoms in total. The first-order valence-electron chi connectivity index (χ1n) is 12.7. The van der Waals surface area contributed by atoms with Crippen molar-refractivity contribution in [1.82, 2.24) is 10.2 Å². The fourth-order valence-electron chi connectivity index (χ4n) is 5.57. The minimum atomic E-state index is -1.86. The maximum Gasteiger partial charge on any atom is 0.297 e. The summed E-state index contributed by atoms with van der Waals surface area (Å²) in [5.41, 5.74) is -0.268. The number of nitrogens with zero attached hydrogens (tertiary/aromatic N) is 4. The number of amides is 2. The van der Waals surface area contributed by atoms with Gasteiger partial charge < -0.3 is 9.32 Å². The van der Waals surface area contributed by atoms with Crippen LogP contribution < -0.4 is 15.2 Å². The van der Waals surface area contributed by atoms with Crippen LogP contribution >= 0.6 is 46.3 Å². The van der Waals surface area contributed by atoms with Crippen LogP contribution in [-0.2, 0) is 16.1 Å². The second-order valence-corrected chi connectivity index (χ2v) is 12.7. The third-order valence-corrected chi connectivity index (χ3v) is 9.82. The van der Waals surface area contributed by atoms with Gasteiger partial charge in [-0.1, -0.05) is 82.7 Å². The summed E-state index contributed by atoms with van der Waals surface area (Å²) < 4.78 is 6.64. The lowest BCUT2D eigenvalue weighted by Gasteiger charge is -2.31. The third-order valence-electron chi connectivity index (χ3n) is 7.24. The van der Waals surface area contributed by atoms with Gasteiger partial charge in [0.2, 0.25) is 10.9 Å². The zero-order valence-electron chi connectivity index (χ0n) is 21.5. The molecule has 0 radical (unpaired) electrons. The van der Waals surface area contributed by atoms with Crippen molar-refractivity contribution >= 4 is 79.9 Å². The third kappa shape index (κ3) is 3.86. The van der Waals surface area contributed by atoms with Gasteiger partial charge in [0.15, 0.2) is 15.3 Å². The van der Waals surface area contributed by atoms with Crippen molar-refractivity contribution in [1.29, 1.82) is 0 Å². The van der Waals surface area contributed by atoms with Crippen LogP contribution in [0.3, 0.4) is 0 Å². The number of thioether (sulfide) groups is 1. The molecule has 2 aliphatic rings. The summed E-state index contributed by atoms with van der Waals surface area (Å²) in [6.45, 7) is 3.97. The van der Waals surface area contributed by atoms with E-state index >= 15 is 0 Å². The van der Waals surface area contributed by atoms with E-state index in [9.17, 15) is 14.4 Å². The van der Waals surface area contributed by atoms with E-state index in [0.717, 1.165) is 16.9 Å². The zero-order valence-corrected chi connectivity index (χ0v) is 24.7. The number of benzene rings is 3. The molecule has 2 aromatic heterocycles. The van der Waals surface area contributed by atoms with Crippen LogP contribution in [0.4, 0.5) is 10.8 Å². The van der Waals surface area contributed by atoms with E-state index in [1.165, 1.54) is 33.7 Å². The number of fused-ring (bicyclic) bond motifs is 5. The lowest BCUT2D eigenvalue weighted by Crippen LogP contribution is -2.53. The molecule has 7 rings (SSSR count). The SMILES string of the molecule is C=CCN1C(=O)C2(c3ccccc31)c1c(oc3ccc(Cl)cc3c1=O)C(=O)N2c1nnc(SCc2cccc(Cl)c2)s1. The molecule has 1 atom stereocenters. The maximum absolute atomic E-state index is 14.6. The molecule has 0 fully saturated rings. The Morgan fingerprint density at radius 1 is 1.00 bits per heavy atom. The Balaban J connectivity index is 1.44. The maximum atomic E-state index is 14.6. The van der Waals surface area contributed by atoms with E-state index in [4.69, 9.17) is 27.6 Å². The van der Waals surface area contributed by atoms with E-state index < -0.39 is 22.8 Å². The van der Waals surface area contributed by atoms with Gasteiger partial charge in [-0.2, -0.15) is 0 Å². The molecule has 0 aliphatic carbocycles. The number of carbonyl (C=O) groups is 2. The minimum absolute atomic E-state index is 0.0744. The molecule has 0 saturated carbocycles. The number of carbonyl (C=O) groups excluding carboxylic acids is 2. The monoisotopic (exact) mass is 632 g/mol. The smallest absolute Gasteiger partial charge is 0.297 e. The summed E-state index contributed by atoms with van der Waals surface area (Å²) in [6, 6.07) is 19.1. The van der Waals surface area contributed by atoms with Crippen molar-refractivity contribution < 1.29 is 14.0 Å². The average Bonchev–Trinajstić information content (AvgIpc) is 3.62. The molecule has 5 aromatic rings. The summed E-state index contributed by atoms with van der Waals surface area (Å²) >= 11 is 14.9. The van der Waals surface area contributed by atoms with Crippen LogP contribution in [0.1, 0.15) is 27.2 Å². The van der Waals surface area contributed by atoms with Crippen molar-refractivity contribution in [2.75, 3.05) is 16.3 Å². The molecule has 3 aromatic carbocycles. The van der Waals surface area contributed by atoms with E-state index in [1.807, 2.05) is 18.2 Å². The predicted molar refractivity (Wildman–Crippen MR) is 165 cm³/mol. The van der Waals surface area contributed by atoms with Crippen molar-refractivity contribution in [3.63, 3.8) is 0 Å². The second kappa shape index (κ2) is 10.1. The lowest BCUT2D eigenvalue weighted by atomic mass is 9.84. The van der Waals surface area contributed by atoms with E-state index in [2.05, 4.69) is 16.8 Å². The Hall–Kier alpha value is -3.96. The molecule has 2 amide bonds. The Labute approximate surface area is 257 Å². The second-order valence-electron chi connectivity index (χ2n) is 9.62. The number of aromatic nitrogens is 2. The highest BCUT2D eigenvalue weighted by atomic mass is 35.5. The Morgan fingerprint density at radius 3 is 2.62 bits per heavy atom. The molecule has 4 heterocycles. The van der Waals surface area contributed by atoms with Crippen LogP contribution in [0, 0.1) is 0 Å². The number of hydrogen-bond donors (Lipinski definition) is 0. The predicted octanol–water partition coefficient (Wildman–Crippen LogP) is 6.68. The Kier molecular flexibility index (Phi) is 6.47. The largest absolute Gasteiger partial charge is 0.450 e. The molecule has 1 spiro atoms.